The molecule has 0 bridgehead atoms. The Hall–Kier alpha value is -1.85. The number of hydrogen-bond acceptors (Lipinski definition) is 5. The van der Waals surface area contributed by atoms with E-state index < -0.39 is 0 Å². The smallest absolute Gasteiger partial charge is 0.227 e. The van der Waals surface area contributed by atoms with Gasteiger partial charge in [-0.3, -0.25) is 0 Å². The fraction of sp³-hybridized carbons (Fsp3) is 0.412. The maximum absolute atomic E-state index is 6.23. The molecule has 1 N–H and O–H groups in total. The SMILES string of the molecule is CCC1=C2c3cc(Cl)ccc3N=C(N3CC(NC)C3)N2N=CC1. The van der Waals surface area contributed by atoms with Crippen LogP contribution in [0.15, 0.2) is 33.9 Å². The molecule has 120 valence electrons. The molecule has 0 radical (unpaired) electrons. The summed E-state index contributed by atoms with van der Waals surface area (Å²) >= 11 is 6.23. The lowest BCUT2D eigenvalue weighted by Crippen LogP contribution is -2.61. The third-order valence-corrected chi connectivity index (χ3v) is 4.94. The number of likely N-dealkylation sites (N-methyl/N-ethyl adjacent to an activating group) is 1. The van der Waals surface area contributed by atoms with Crippen LogP contribution in [0, 0.1) is 0 Å². The van der Waals surface area contributed by atoms with Crippen molar-refractivity contribution in [3.05, 3.63) is 34.4 Å². The fourth-order valence-electron chi connectivity index (χ4n) is 3.28. The number of nitrogens with one attached hydrogen (secondary N) is 1. The highest BCUT2D eigenvalue weighted by molar-refractivity contribution is 6.31. The Bertz CT molecular complexity index is 730. The lowest BCUT2D eigenvalue weighted by Gasteiger charge is -2.45. The molecule has 1 aromatic rings. The molecule has 5 nitrogen and oxygen atoms in total. The summed E-state index contributed by atoms with van der Waals surface area (Å²) in [6.07, 6.45) is 3.86. The first-order valence-electron chi connectivity index (χ1n) is 8.06. The molecule has 0 spiro atoms. The van der Waals surface area contributed by atoms with E-state index in [2.05, 4.69) is 22.2 Å². The van der Waals surface area contributed by atoms with Gasteiger partial charge in [-0.1, -0.05) is 18.5 Å². The van der Waals surface area contributed by atoms with Gasteiger partial charge in [0, 0.05) is 42.4 Å². The molecular weight excluding hydrogens is 310 g/mol. The Morgan fingerprint density at radius 2 is 2.17 bits per heavy atom. The summed E-state index contributed by atoms with van der Waals surface area (Å²) in [5.74, 6) is 0.920. The fourth-order valence-corrected chi connectivity index (χ4v) is 3.46. The van der Waals surface area contributed by atoms with Gasteiger partial charge in [-0.2, -0.15) is 5.10 Å². The van der Waals surface area contributed by atoms with Crippen molar-refractivity contribution in [1.82, 2.24) is 15.2 Å². The van der Waals surface area contributed by atoms with Crippen molar-refractivity contribution in [2.75, 3.05) is 20.1 Å². The van der Waals surface area contributed by atoms with Crippen molar-refractivity contribution in [2.45, 2.75) is 25.8 Å². The van der Waals surface area contributed by atoms with Crippen LogP contribution in [-0.2, 0) is 0 Å². The molecule has 0 aliphatic carbocycles. The second-order valence-corrected chi connectivity index (χ2v) is 6.52. The van der Waals surface area contributed by atoms with Crippen LogP contribution >= 0.6 is 11.6 Å². The van der Waals surface area contributed by atoms with Crippen molar-refractivity contribution in [3.8, 4) is 0 Å². The minimum atomic E-state index is 0.524. The van der Waals surface area contributed by atoms with E-state index in [1.54, 1.807) is 0 Å². The van der Waals surface area contributed by atoms with E-state index in [0.29, 0.717) is 6.04 Å². The number of hydrazone groups is 1. The number of benzene rings is 1. The van der Waals surface area contributed by atoms with Gasteiger partial charge >= 0.3 is 0 Å². The normalized spacial score (nSPS) is 20.2. The largest absolute Gasteiger partial charge is 0.337 e. The number of nitrogens with zero attached hydrogens (tertiary/aromatic N) is 4. The molecule has 1 aromatic carbocycles. The van der Waals surface area contributed by atoms with Gasteiger partial charge in [0.2, 0.25) is 5.96 Å². The number of allylic oxidation sites excluding steroid dienone is 1. The summed E-state index contributed by atoms with van der Waals surface area (Å²) in [5.41, 5.74) is 4.60. The van der Waals surface area contributed by atoms with Crippen LogP contribution in [0.4, 0.5) is 5.69 Å². The molecule has 23 heavy (non-hydrogen) atoms. The van der Waals surface area contributed by atoms with E-state index in [4.69, 9.17) is 16.6 Å². The number of hydrogen-bond donors (Lipinski definition) is 1. The van der Waals surface area contributed by atoms with Gasteiger partial charge in [-0.15, -0.1) is 0 Å². The summed E-state index contributed by atoms with van der Waals surface area (Å²) in [5, 5.41) is 10.7. The summed E-state index contributed by atoms with van der Waals surface area (Å²) in [6, 6.07) is 6.43. The number of aliphatic imine (C=N–C) groups is 1. The van der Waals surface area contributed by atoms with Crippen LogP contribution < -0.4 is 5.32 Å². The highest BCUT2D eigenvalue weighted by Gasteiger charge is 2.37. The van der Waals surface area contributed by atoms with Crippen LogP contribution in [0.1, 0.15) is 25.3 Å². The Morgan fingerprint density at radius 3 is 2.91 bits per heavy atom. The number of likely N-dealkylation sites (tertiary alicyclic amines) is 1. The maximum atomic E-state index is 6.23. The Balaban J connectivity index is 1.82. The molecule has 0 amide bonds. The highest BCUT2D eigenvalue weighted by Crippen LogP contribution is 2.41. The molecule has 0 unspecified atom stereocenters. The van der Waals surface area contributed by atoms with Gasteiger partial charge in [-0.05, 0) is 37.2 Å². The van der Waals surface area contributed by atoms with Crippen LogP contribution in [0.25, 0.3) is 5.70 Å². The molecule has 3 aliphatic heterocycles. The van der Waals surface area contributed by atoms with Crippen LogP contribution in [0.2, 0.25) is 5.02 Å². The summed E-state index contributed by atoms with van der Waals surface area (Å²) < 4.78 is 0. The Kier molecular flexibility index (Phi) is 3.62. The van der Waals surface area contributed by atoms with E-state index in [9.17, 15) is 0 Å². The van der Waals surface area contributed by atoms with Gasteiger partial charge in [0.05, 0.1) is 11.4 Å². The minimum Gasteiger partial charge on any atom is -0.337 e. The van der Waals surface area contributed by atoms with Gasteiger partial charge in [0.25, 0.3) is 0 Å². The van der Waals surface area contributed by atoms with Gasteiger partial charge in [0.15, 0.2) is 0 Å². The number of guanidine groups is 1. The first kappa shape index (κ1) is 14.7. The highest BCUT2D eigenvalue weighted by atomic mass is 35.5. The van der Waals surface area contributed by atoms with Gasteiger partial charge in [0.1, 0.15) is 0 Å². The summed E-state index contributed by atoms with van der Waals surface area (Å²) in [6.45, 7) is 4.11. The number of fused-ring (bicyclic) bond motifs is 3. The molecular formula is C17H20ClN5. The van der Waals surface area contributed by atoms with Crippen LogP contribution in [-0.4, -0.2) is 48.3 Å². The molecule has 3 heterocycles. The molecule has 1 saturated heterocycles. The average Bonchev–Trinajstić information content (AvgIpc) is 2.53. The first-order chi connectivity index (χ1) is 11.2. The first-order valence-corrected chi connectivity index (χ1v) is 8.44. The third-order valence-electron chi connectivity index (χ3n) is 4.70. The Morgan fingerprint density at radius 1 is 1.35 bits per heavy atom. The zero-order chi connectivity index (χ0) is 16.0. The average molecular weight is 330 g/mol. The molecule has 4 rings (SSSR count). The van der Waals surface area contributed by atoms with E-state index in [1.165, 1.54) is 5.57 Å². The van der Waals surface area contributed by atoms with Gasteiger partial charge in [-0.25, -0.2) is 10.0 Å². The Labute approximate surface area is 141 Å². The molecule has 0 atom stereocenters. The van der Waals surface area contributed by atoms with Crippen LogP contribution in [0.5, 0.6) is 0 Å². The second kappa shape index (κ2) is 5.65. The standard InChI is InChI=1S/C17H20ClN5/c1-3-11-6-7-20-23-16(11)14-8-12(18)4-5-15(14)21-17(23)22-9-13(10-22)19-2/h4-5,7-8,13,19H,3,6,9-10H2,1-2H3. The zero-order valence-corrected chi connectivity index (χ0v) is 14.1. The molecule has 6 heteroatoms. The molecule has 3 aliphatic rings. The monoisotopic (exact) mass is 329 g/mol. The predicted octanol–water partition coefficient (Wildman–Crippen LogP) is 3.06. The van der Waals surface area contributed by atoms with Crippen molar-refractivity contribution < 1.29 is 0 Å². The minimum absolute atomic E-state index is 0.524. The quantitative estimate of drug-likeness (QED) is 0.907. The predicted molar refractivity (Wildman–Crippen MR) is 95.1 cm³/mol. The van der Waals surface area contributed by atoms with E-state index >= 15 is 0 Å². The van der Waals surface area contributed by atoms with Crippen molar-refractivity contribution in [3.63, 3.8) is 0 Å². The number of halogens is 1. The second-order valence-electron chi connectivity index (χ2n) is 6.08. The van der Waals surface area contributed by atoms with Crippen LogP contribution in [0.3, 0.4) is 0 Å². The molecule has 0 saturated carbocycles. The lowest BCUT2D eigenvalue weighted by atomic mass is 9.98. The lowest BCUT2D eigenvalue weighted by molar-refractivity contribution is 0.205. The van der Waals surface area contributed by atoms with Crippen molar-refractivity contribution >= 4 is 35.2 Å². The topological polar surface area (TPSA) is 43.2 Å². The number of rotatable bonds is 2. The summed E-state index contributed by atoms with van der Waals surface area (Å²) in [7, 11) is 2.00. The zero-order valence-electron chi connectivity index (χ0n) is 13.4. The van der Waals surface area contributed by atoms with Crippen molar-refractivity contribution in [2.24, 2.45) is 10.1 Å². The third kappa shape index (κ3) is 2.35. The van der Waals surface area contributed by atoms with E-state index in [-0.39, 0.29) is 0 Å². The van der Waals surface area contributed by atoms with Crippen molar-refractivity contribution in [1.29, 1.82) is 0 Å². The maximum Gasteiger partial charge on any atom is 0.227 e. The molecule has 1 fully saturated rings. The van der Waals surface area contributed by atoms with E-state index in [1.807, 2.05) is 36.5 Å². The molecule has 0 aromatic heterocycles. The summed E-state index contributed by atoms with van der Waals surface area (Å²) in [4.78, 5) is 7.14. The van der Waals surface area contributed by atoms with Gasteiger partial charge < -0.3 is 10.2 Å². The van der Waals surface area contributed by atoms with E-state index in [0.717, 1.165) is 53.9 Å².